The van der Waals surface area contributed by atoms with Gasteiger partial charge in [-0.15, -0.1) is 0 Å². The first kappa shape index (κ1) is 25.2. The van der Waals surface area contributed by atoms with Gasteiger partial charge >= 0.3 is 0 Å². The normalized spacial score (nSPS) is 18.5. The zero-order valence-corrected chi connectivity index (χ0v) is 19.0. The Kier molecular flexibility index (Phi) is 12.4. The highest BCUT2D eigenvalue weighted by Crippen LogP contribution is 2.23. The predicted molar refractivity (Wildman–Crippen MR) is 121 cm³/mol. The number of carboxylic acid groups (broad SMARTS) is 1. The van der Waals surface area contributed by atoms with Crippen LogP contribution in [0.3, 0.4) is 0 Å². The maximum atomic E-state index is 9.00. The van der Waals surface area contributed by atoms with E-state index in [0.29, 0.717) is 0 Å². The van der Waals surface area contributed by atoms with Crippen LogP contribution in [-0.4, -0.2) is 41.7 Å². The number of hydrogen-bond acceptors (Lipinski definition) is 6. The molecule has 0 radical (unpaired) electrons. The van der Waals surface area contributed by atoms with Crippen molar-refractivity contribution in [2.45, 2.75) is 104 Å². The summed E-state index contributed by atoms with van der Waals surface area (Å²) in [6.45, 7) is 9.46. The molecule has 1 saturated carbocycles. The van der Waals surface area contributed by atoms with Gasteiger partial charge < -0.3 is 15.7 Å². The lowest BCUT2D eigenvalue weighted by atomic mass is 9.89. The summed E-state index contributed by atoms with van der Waals surface area (Å²) in [4.78, 5) is 18.4. The minimum atomic E-state index is -0.833. The number of rotatable bonds is 9. The van der Waals surface area contributed by atoms with Gasteiger partial charge in [0.25, 0.3) is 5.97 Å². The van der Waals surface area contributed by atoms with Crippen molar-refractivity contribution in [3.63, 3.8) is 0 Å². The Hall–Kier alpha value is -1.79. The van der Waals surface area contributed by atoms with Crippen LogP contribution in [0.25, 0.3) is 0 Å². The third-order valence-electron chi connectivity index (χ3n) is 5.11. The van der Waals surface area contributed by atoms with Gasteiger partial charge in [0.15, 0.2) is 5.66 Å². The molecule has 0 aromatic carbocycles. The highest BCUT2D eigenvalue weighted by molar-refractivity contribution is 6.00. The van der Waals surface area contributed by atoms with Crippen LogP contribution in [0.4, 0.5) is 0 Å². The van der Waals surface area contributed by atoms with Gasteiger partial charge in [-0.2, -0.15) is 0 Å². The van der Waals surface area contributed by atoms with E-state index in [9.17, 15) is 0 Å². The van der Waals surface area contributed by atoms with E-state index < -0.39 is 11.6 Å². The van der Waals surface area contributed by atoms with Crippen LogP contribution in [0, 0.1) is 5.92 Å². The maximum Gasteiger partial charge on any atom is 0.300 e. The number of nitrogens with zero attached hydrogens (tertiary/aromatic N) is 2. The molecule has 29 heavy (non-hydrogen) atoms. The van der Waals surface area contributed by atoms with E-state index in [2.05, 4.69) is 41.7 Å². The first-order valence-electron chi connectivity index (χ1n) is 11.5. The second-order valence-electron chi connectivity index (χ2n) is 8.64. The fraction of sp³-hybridized carbons (Fsp3) is 0.864. The molecule has 0 unspecified atom stereocenters. The van der Waals surface area contributed by atoms with E-state index >= 15 is 0 Å². The molecule has 0 aromatic heterocycles. The largest absolute Gasteiger partial charge is 0.481 e. The number of aliphatic carboxylic acids is 1. The van der Waals surface area contributed by atoms with Crippen LogP contribution in [0.1, 0.15) is 98.3 Å². The van der Waals surface area contributed by atoms with E-state index in [0.717, 1.165) is 37.9 Å². The van der Waals surface area contributed by atoms with E-state index in [1.165, 1.54) is 70.6 Å². The number of carbonyl (C=O) groups is 1. The second kappa shape index (κ2) is 14.2. The fourth-order valence-corrected chi connectivity index (χ4v) is 3.65. The Morgan fingerprint density at radius 1 is 1.03 bits per heavy atom. The van der Waals surface area contributed by atoms with Crippen molar-refractivity contribution in [1.82, 2.24) is 16.0 Å². The lowest BCUT2D eigenvalue weighted by molar-refractivity contribution is -0.134. The van der Waals surface area contributed by atoms with Gasteiger partial charge in [0.1, 0.15) is 0 Å². The smallest absolute Gasteiger partial charge is 0.300 e. The zero-order valence-electron chi connectivity index (χ0n) is 19.0. The summed E-state index contributed by atoms with van der Waals surface area (Å²) >= 11 is 0. The topological polar surface area (TPSA) is 98.1 Å². The summed E-state index contributed by atoms with van der Waals surface area (Å²) < 4.78 is 0. The highest BCUT2D eigenvalue weighted by atomic mass is 16.4. The van der Waals surface area contributed by atoms with Crippen LogP contribution < -0.4 is 16.0 Å². The second-order valence-corrected chi connectivity index (χ2v) is 8.64. The summed E-state index contributed by atoms with van der Waals surface area (Å²) in [6, 6.07) is 0. The van der Waals surface area contributed by atoms with Gasteiger partial charge in [-0.05, 0) is 39.0 Å². The Morgan fingerprint density at radius 2 is 1.59 bits per heavy atom. The molecule has 168 valence electrons. The van der Waals surface area contributed by atoms with E-state index in [4.69, 9.17) is 14.9 Å². The number of unbranched alkanes of at least 4 members (excludes halogenated alkanes) is 5. The van der Waals surface area contributed by atoms with E-state index in [-0.39, 0.29) is 0 Å². The molecule has 1 aliphatic heterocycles. The van der Waals surface area contributed by atoms with Crippen molar-refractivity contribution in [2.24, 2.45) is 15.9 Å². The molecule has 2 rings (SSSR count). The standard InChI is InChI=1S/C20H39N5.C2H4O2/c1-4-5-6-7-8-12-15-21-18-23-19(25-20(2,3)24-18)22-16-17-13-10-9-11-14-17;1-2(3)4/h17H,4-16H2,1-3H3,(H3,21,22,23,24,25);1H3,(H,3,4). The van der Waals surface area contributed by atoms with Crippen molar-refractivity contribution in [3.05, 3.63) is 0 Å². The molecule has 0 amide bonds. The van der Waals surface area contributed by atoms with E-state index in [1.807, 2.05) is 0 Å². The average molecular weight is 410 g/mol. The van der Waals surface area contributed by atoms with Crippen LogP contribution in [0.2, 0.25) is 0 Å². The molecular weight excluding hydrogens is 366 g/mol. The summed E-state index contributed by atoms with van der Waals surface area (Å²) in [7, 11) is 0. The molecule has 4 N–H and O–H groups in total. The molecule has 0 spiro atoms. The van der Waals surface area contributed by atoms with Crippen molar-refractivity contribution in [1.29, 1.82) is 0 Å². The average Bonchev–Trinajstić information content (AvgIpc) is 2.65. The molecule has 1 heterocycles. The summed E-state index contributed by atoms with van der Waals surface area (Å²) in [6.07, 6.45) is 14.7. The maximum absolute atomic E-state index is 9.00. The third kappa shape index (κ3) is 13.1. The van der Waals surface area contributed by atoms with Crippen LogP contribution >= 0.6 is 0 Å². The monoisotopic (exact) mass is 409 g/mol. The first-order chi connectivity index (χ1) is 13.8. The molecule has 2 aliphatic rings. The molecular formula is C22H43N5O2. The molecule has 1 fully saturated rings. The first-order valence-corrected chi connectivity index (χ1v) is 11.5. The van der Waals surface area contributed by atoms with Crippen LogP contribution in [0.15, 0.2) is 9.98 Å². The van der Waals surface area contributed by atoms with Crippen molar-refractivity contribution >= 4 is 17.9 Å². The van der Waals surface area contributed by atoms with Gasteiger partial charge in [-0.1, -0.05) is 58.3 Å². The third-order valence-corrected chi connectivity index (χ3v) is 5.11. The van der Waals surface area contributed by atoms with Gasteiger partial charge in [0.2, 0.25) is 11.9 Å². The number of hydrogen-bond donors (Lipinski definition) is 4. The van der Waals surface area contributed by atoms with Crippen molar-refractivity contribution in [3.8, 4) is 0 Å². The molecule has 0 bridgehead atoms. The summed E-state index contributed by atoms with van der Waals surface area (Å²) in [5, 5.41) is 17.7. The zero-order chi connectivity index (χ0) is 21.5. The predicted octanol–water partition coefficient (Wildman–Crippen LogP) is 4.25. The lowest BCUT2D eigenvalue weighted by Crippen LogP contribution is -2.52. The Bertz CT molecular complexity index is 521. The lowest BCUT2D eigenvalue weighted by Gasteiger charge is -2.28. The Morgan fingerprint density at radius 3 is 2.21 bits per heavy atom. The number of guanidine groups is 2. The molecule has 0 aromatic rings. The van der Waals surface area contributed by atoms with Gasteiger partial charge in [-0.25, -0.2) is 9.98 Å². The molecule has 0 saturated heterocycles. The molecule has 0 atom stereocenters. The summed E-state index contributed by atoms with van der Waals surface area (Å²) in [5.41, 5.74) is -0.399. The quantitative estimate of drug-likeness (QED) is 0.427. The summed E-state index contributed by atoms with van der Waals surface area (Å²) in [5.74, 6) is 1.69. The number of nitrogens with one attached hydrogen (secondary N) is 3. The Balaban J connectivity index is 0.000000960. The fourth-order valence-electron chi connectivity index (χ4n) is 3.65. The van der Waals surface area contributed by atoms with Crippen molar-refractivity contribution in [2.75, 3.05) is 13.1 Å². The minimum Gasteiger partial charge on any atom is -0.481 e. The van der Waals surface area contributed by atoms with Gasteiger partial charge in [0, 0.05) is 20.0 Å². The van der Waals surface area contributed by atoms with Crippen LogP contribution in [0.5, 0.6) is 0 Å². The highest BCUT2D eigenvalue weighted by Gasteiger charge is 2.23. The molecule has 7 heteroatoms. The van der Waals surface area contributed by atoms with Crippen molar-refractivity contribution < 1.29 is 9.90 Å². The van der Waals surface area contributed by atoms with Gasteiger partial charge in [0.05, 0.1) is 0 Å². The minimum absolute atomic E-state index is 0.399. The molecule has 1 aliphatic carbocycles. The number of carboxylic acids is 1. The van der Waals surface area contributed by atoms with Crippen LogP contribution in [-0.2, 0) is 4.79 Å². The molecule has 7 nitrogen and oxygen atoms in total. The van der Waals surface area contributed by atoms with Gasteiger partial charge in [-0.3, -0.25) is 10.1 Å². The van der Waals surface area contributed by atoms with E-state index in [1.54, 1.807) is 0 Å². The SMILES string of the molecule is CC(=O)O.CCCCCCCCNC1=NC(C)(C)N=C(NCC2CCCCC2)N1. The number of aliphatic imine (C=N–C) groups is 2. The Labute approximate surface area is 177 Å².